The maximum absolute atomic E-state index is 14.3. The monoisotopic (exact) mass is 485 g/mol. The number of nitrogens with zero attached hydrogens (tertiary/aromatic N) is 2. The van der Waals surface area contributed by atoms with Crippen molar-refractivity contribution >= 4 is 28.4 Å². The molecule has 4 aromatic rings. The summed E-state index contributed by atoms with van der Waals surface area (Å²) in [4.78, 5) is 29.4. The first kappa shape index (κ1) is 23.8. The number of rotatable bonds is 6. The van der Waals surface area contributed by atoms with E-state index in [2.05, 4.69) is 5.32 Å². The Morgan fingerprint density at radius 1 is 1.06 bits per heavy atom. The molecule has 0 saturated carbocycles. The van der Waals surface area contributed by atoms with Crippen LogP contribution in [0, 0.1) is 12.7 Å². The zero-order chi connectivity index (χ0) is 25.4. The molecule has 0 aliphatic carbocycles. The number of hydrogen-bond donors (Lipinski definition) is 1. The summed E-state index contributed by atoms with van der Waals surface area (Å²) < 4.78 is 21.6. The van der Waals surface area contributed by atoms with Gasteiger partial charge in [-0.25, -0.2) is 4.39 Å². The Bertz CT molecular complexity index is 1460. The topological polar surface area (TPSA) is 63.6 Å². The van der Waals surface area contributed by atoms with Gasteiger partial charge in [-0.15, -0.1) is 0 Å². The van der Waals surface area contributed by atoms with Crippen molar-refractivity contribution in [1.82, 2.24) is 9.47 Å². The van der Waals surface area contributed by atoms with Crippen molar-refractivity contribution in [2.24, 2.45) is 7.05 Å². The standard InChI is InChI=1S/C29H28FN3O3/c1-18-12-13-19(16-24(18)30)31-28(34)26-21-9-4-5-10-22(21)29(35)33(14-15-36-3)27(26)23-17-32(2)25-11-7-6-8-20(23)25/h4-13,16-17,26-27H,14-15H2,1-3H3,(H,31,34)/t26-,27-/m1/s1. The lowest BCUT2D eigenvalue weighted by atomic mass is 9.79. The summed E-state index contributed by atoms with van der Waals surface area (Å²) in [5.74, 6) is -1.56. The fourth-order valence-corrected chi connectivity index (χ4v) is 5.16. The van der Waals surface area contributed by atoms with E-state index in [4.69, 9.17) is 4.74 Å². The molecule has 0 bridgehead atoms. The summed E-state index contributed by atoms with van der Waals surface area (Å²) >= 11 is 0. The van der Waals surface area contributed by atoms with Crippen molar-refractivity contribution in [2.45, 2.75) is 18.9 Å². The van der Waals surface area contributed by atoms with Crippen molar-refractivity contribution in [1.29, 1.82) is 0 Å². The molecule has 1 aromatic heterocycles. The van der Waals surface area contributed by atoms with Gasteiger partial charge in [-0.05, 0) is 42.3 Å². The van der Waals surface area contributed by atoms with E-state index in [1.165, 1.54) is 6.07 Å². The summed E-state index contributed by atoms with van der Waals surface area (Å²) in [7, 11) is 3.54. The summed E-state index contributed by atoms with van der Waals surface area (Å²) in [5, 5.41) is 3.88. The average Bonchev–Trinajstić information content (AvgIpc) is 3.21. The van der Waals surface area contributed by atoms with Gasteiger partial charge in [0.1, 0.15) is 5.82 Å². The lowest BCUT2D eigenvalue weighted by Crippen LogP contribution is -2.47. The highest BCUT2D eigenvalue weighted by Crippen LogP contribution is 2.45. The molecule has 6 nitrogen and oxygen atoms in total. The predicted octanol–water partition coefficient (Wildman–Crippen LogP) is 5.19. The van der Waals surface area contributed by atoms with Gasteiger partial charge < -0.3 is 19.5 Å². The van der Waals surface area contributed by atoms with Crippen LogP contribution in [0.3, 0.4) is 0 Å². The van der Waals surface area contributed by atoms with Crippen LogP contribution in [0.4, 0.5) is 10.1 Å². The molecule has 0 fully saturated rings. The van der Waals surface area contributed by atoms with E-state index in [1.54, 1.807) is 43.2 Å². The fraction of sp³-hybridized carbons (Fsp3) is 0.241. The van der Waals surface area contributed by atoms with E-state index in [0.29, 0.717) is 35.5 Å². The summed E-state index contributed by atoms with van der Waals surface area (Å²) in [5.41, 5.74) is 3.89. The highest BCUT2D eigenvalue weighted by Gasteiger charge is 2.45. The minimum Gasteiger partial charge on any atom is -0.383 e. The molecule has 0 unspecified atom stereocenters. The van der Waals surface area contributed by atoms with E-state index in [9.17, 15) is 14.0 Å². The van der Waals surface area contributed by atoms with Crippen LogP contribution < -0.4 is 5.32 Å². The highest BCUT2D eigenvalue weighted by molar-refractivity contribution is 6.05. The average molecular weight is 486 g/mol. The molecule has 184 valence electrons. The van der Waals surface area contributed by atoms with Gasteiger partial charge in [-0.1, -0.05) is 42.5 Å². The molecule has 1 N–H and O–H groups in total. The molecule has 2 atom stereocenters. The molecule has 1 aliphatic heterocycles. The molecule has 0 radical (unpaired) electrons. The van der Waals surface area contributed by atoms with Crippen LogP contribution in [0.1, 0.15) is 39.0 Å². The molecule has 0 saturated heterocycles. The van der Waals surface area contributed by atoms with E-state index in [1.807, 2.05) is 54.2 Å². The maximum atomic E-state index is 14.3. The molecule has 1 aliphatic rings. The first-order valence-corrected chi connectivity index (χ1v) is 11.9. The van der Waals surface area contributed by atoms with Gasteiger partial charge in [0.05, 0.1) is 18.6 Å². The van der Waals surface area contributed by atoms with E-state index < -0.39 is 12.0 Å². The van der Waals surface area contributed by atoms with Gasteiger partial charge >= 0.3 is 0 Å². The number of nitrogens with one attached hydrogen (secondary N) is 1. The number of para-hydroxylation sites is 1. The fourth-order valence-electron chi connectivity index (χ4n) is 5.16. The Kier molecular flexibility index (Phi) is 6.33. The molecular weight excluding hydrogens is 457 g/mol. The van der Waals surface area contributed by atoms with E-state index >= 15 is 0 Å². The molecule has 7 heteroatoms. The normalized spacial score (nSPS) is 17.3. The number of halogens is 1. The van der Waals surface area contributed by atoms with Crippen LogP contribution in [0.25, 0.3) is 10.9 Å². The van der Waals surface area contributed by atoms with Gasteiger partial charge in [0.15, 0.2) is 0 Å². The smallest absolute Gasteiger partial charge is 0.254 e. The zero-order valence-corrected chi connectivity index (χ0v) is 20.5. The van der Waals surface area contributed by atoms with Crippen LogP contribution in [-0.4, -0.2) is 41.5 Å². The first-order valence-electron chi connectivity index (χ1n) is 11.9. The summed E-state index contributed by atoms with van der Waals surface area (Å²) in [6, 6.07) is 19.2. The summed E-state index contributed by atoms with van der Waals surface area (Å²) in [6.07, 6.45) is 1.99. The van der Waals surface area contributed by atoms with Gasteiger partial charge in [-0.2, -0.15) is 0 Å². The number of methoxy groups -OCH3 is 1. The molecule has 3 aromatic carbocycles. The zero-order valence-electron chi connectivity index (χ0n) is 20.5. The van der Waals surface area contributed by atoms with E-state index in [0.717, 1.165) is 16.5 Å². The molecule has 0 spiro atoms. The van der Waals surface area contributed by atoms with Gasteiger partial charge in [0, 0.05) is 54.6 Å². The van der Waals surface area contributed by atoms with Crippen LogP contribution in [0.15, 0.2) is 72.9 Å². The number of benzene rings is 3. The predicted molar refractivity (Wildman–Crippen MR) is 138 cm³/mol. The number of aromatic nitrogens is 1. The first-order chi connectivity index (χ1) is 17.4. The molecular formula is C29H28FN3O3. The Morgan fingerprint density at radius 3 is 2.58 bits per heavy atom. The Hall–Kier alpha value is -3.97. The van der Waals surface area contributed by atoms with Crippen molar-refractivity contribution in [3.05, 3.63) is 101 Å². The second-order valence-electron chi connectivity index (χ2n) is 9.17. The van der Waals surface area contributed by atoms with Gasteiger partial charge in [-0.3, -0.25) is 9.59 Å². The summed E-state index contributed by atoms with van der Waals surface area (Å²) in [6.45, 7) is 2.32. The third-order valence-corrected chi connectivity index (χ3v) is 6.94. The number of aryl methyl sites for hydroxylation is 2. The Morgan fingerprint density at radius 2 is 1.81 bits per heavy atom. The van der Waals surface area contributed by atoms with Crippen molar-refractivity contribution in [3.8, 4) is 0 Å². The SMILES string of the molecule is COCCN1C(=O)c2ccccc2[C@@H](C(=O)Nc2ccc(C)c(F)c2)[C@H]1c1cn(C)c2ccccc12. The largest absolute Gasteiger partial charge is 0.383 e. The number of amides is 2. The van der Waals surface area contributed by atoms with Crippen molar-refractivity contribution < 1.29 is 18.7 Å². The second-order valence-corrected chi connectivity index (χ2v) is 9.17. The van der Waals surface area contributed by atoms with Crippen LogP contribution in [0.5, 0.6) is 0 Å². The highest BCUT2D eigenvalue weighted by atomic mass is 19.1. The number of anilines is 1. The number of ether oxygens (including phenoxy) is 1. The van der Waals surface area contributed by atoms with Crippen molar-refractivity contribution in [3.63, 3.8) is 0 Å². The molecule has 36 heavy (non-hydrogen) atoms. The lowest BCUT2D eigenvalue weighted by molar-refractivity contribution is -0.119. The molecule has 2 heterocycles. The van der Waals surface area contributed by atoms with Gasteiger partial charge in [0.25, 0.3) is 5.91 Å². The minimum absolute atomic E-state index is 0.147. The van der Waals surface area contributed by atoms with Crippen LogP contribution in [-0.2, 0) is 16.6 Å². The third kappa shape index (κ3) is 4.05. The minimum atomic E-state index is -0.717. The van der Waals surface area contributed by atoms with Crippen LogP contribution in [0.2, 0.25) is 0 Å². The number of fused-ring (bicyclic) bond motifs is 2. The number of hydrogen-bond acceptors (Lipinski definition) is 3. The van der Waals surface area contributed by atoms with Gasteiger partial charge in [0.2, 0.25) is 5.91 Å². The Labute approximate surface area is 209 Å². The quantitative estimate of drug-likeness (QED) is 0.409. The van der Waals surface area contributed by atoms with Crippen molar-refractivity contribution in [2.75, 3.05) is 25.6 Å². The second kappa shape index (κ2) is 9.59. The van der Waals surface area contributed by atoms with Crippen LogP contribution >= 0.6 is 0 Å². The number of carbonyl (C=O) groups is 2. The Balaban J connectivity index is 1.68. The lowest BCUT2D eigenvalue weighted by Gasteiger charge is -2.41. The number of carbonyl (C=O) groups excluding carboxylic acids is 2. The maximum Gasteiger partial charge on any atom is 0.254 e. The molecule has 5 rings (SSSR count). The van der Waals surface area contributed by atoms with E-state index in [-0.39, 0.29) is 17.6 Å². The third-order valence-electron chi connectivity index (χ3n) is 6.94. The molecule has 2 amide bonds.